The number of hydrazone groups is 1. The van der Waals surface area contributed by atoms with Gasteiger partial charge in [0.25, 0.3) is 5.91 Å². The van der Waals surface area contributed by atoms with Crippen LogP contribution < -0.4 is 14.2 Å². The normalized spacial score (nSPS) is 15.2. The lowest BCUT2D eigenvalue weighted by Crippen LogP contribution is -2.38. The molecule has 2 aromatic rings. The van der Waals surface area contributed by atoms with E-state index in [0.29, 0.717) is 24.3 Å². The highest BCUT2D eigenvalue weighted by atomic mass is 16.5. The summed E-state index contributed by atoms with van der Waals surface area (Å²) in [7, 11) is 6.41. The molecule has 0 aliphatic carbocycles. The summed E-state index contributed by atoms with van der Waals surface area (Å²) in [6.45, 7) is 1.72. The van der Waals surface area contributed by atoms with Crippen LogP contribution >= 0.6 is 0 Å². The molecule has 1 atom stereocenters. The van der Waals surface area contributed by atoms with Gasteiger partial charge >= 0.3 is 0 Å². The molecule has 2 aromatic carbocycles. The molecule has 3 rings (SSSR count). The van der Waals surface area contributed by atoms with Crippen molar-refractivity contribution in [2.24, 2.45) is 5.10 Å². The molecule has 1 aliphatic heterocycles. The predicted molar refractivity (Wildman–Crippen MR) is 121 cm³/mol. The second-order valence-corrected chi connectivity index (χ2v) is 7.45. The number of hydrogen-bond acceptors (Lipinski definition) is 6. The van der Waals surface area contributed by atoms with Gasteiger partial charge in [-0.1, -0.05) is 19.1 Å². The Morgan fingerprint density at radius 1 is 1.03 bits per heavy atom. The van der Waals surface area contributed by atoms with E-state index in [9.17, 15) is 9.59 Å². The first kappa shape index (κ1) is 23.1. The molecule has 0 N–H and O–H groups in total. The molecule has 0 saturated heterocycles. The Hall–Kier alpha value is -3.55. The number of rotatable bonds is 8. The van der Waals surface area contributed by atoms with Crippen molar-refractivity contribution in [1.82, 2.24) is 9.91 Å². The first-order valence-corrected chi connectivity index (χ1v) is 10.4. The number of methoxy groups -OCH3 is 3. The molecule has 170 valence electrons. The number of amides is 2. The molecule has 0 saturated carbocycles. The fourth-order valence-corrected chi connectivity index (χ4v) is 3.66. The standard InChI is InChI=1S/C24H29N3O5/c1-6-23(28)26(2)15-24(29)27-21(16-7-9-17(30-3)10-8-16)14-20(25-27)19-12-11-18(31-4)13-22(19)32-5/h7-13,21H,6,14-15H2,1-5H3. The average Bonchev–Trinajstić information content (AvgIpc) is 3.28. The minimum Gasteiger partial charge on any atom is -0.497 e. The molecule has 0 aromatic heterocycles. The van der Waals surface area contributed by atoms with Crippen LogP contribution in [0.15, 0.2) is 47.6 Å². The van der Waals surface area contributed by atoms with E-state index in [1.165, 1.54) is 9.91 Å². The lowest BCUT2D eigenvalue weighted by molar-refractivity contribution is -0.140. The van der Waals surface area contributed by atoms with Crippen molar-refractivity contribution in [2.75, 3.05) is 34.9 Å². The molecule has 0 fully saturated rings. The number of carbonyl (C=O) groups is 2. The zero-order valence-corrected chi connectivity index (χ0v) is 19.1. The summed E-state index contributed by atoms with van der Waals surface area (Å²) in [6.07, 6.45) is 0.843. The molecule has 1 unspecified atom stereocenters. The summed E-state index contributed by atoms with van der Waals surface area (Å²) in [4.78, 5) is 26.6. The summed E-state index contributed by atoms with van der Waals surface area (Å²) in [6, 6.07) is 12.8. The van der Waals surface area contributed by atoms with Gasteiger partial charge in [0.2, 0.25) is 5.91 Å². The SMILES string of the molecule is CCC(=O)N(C)CC(=O)N1N=C(c2ccc(OC)cc2OC)CC1c1ccc(OC)cc1. The number of benzene rings is 2. The third kappa shape index (κ3) is 4.85. The van der Waals surface area contributed by atoms with Crippen LogP contribution in [-0.2, 0) is 9.59 Å². The van der Waals surface area contributed by atoms with E-state index in [-0.39, 0.29) is 24.4 Å². The first-order valence-electron chi connectivity index (χ1n) is 10.4. The molecule has 8 heteroatoms. The number of nitrogens with zero attached hydrogens (tertiary/aromatic N) is 3. The molecule has 0 radical (unpaired) electrons. The quantitative estimate of drug-likeness (QED) is 0.631. The van der Waals surface area contributed by atoms with E-state index in [1.54, 1.807) is 41.4 Å². The van der Waals surface area contributed by atoms with Crippen molar-refractivity contribution < 1.29 is 23.8 Å². The fraction of sp³-hybridized carbons (Fsp3) is 0.375. The van der Waals surface area contributed by atoms with Crippen LogP contribution in [0, 0.1) is 0 Å². The van der Waals surface area contributed by atoms with E-state index in [4.69, 9.17) is 14.2 Å². The lowest BCUT2D eigenvalue weighted by atomic mass is 9.97. The summed E-state index contributed by atoms with van der Waals surface area (Å²) >= 11 is 0. The Bertz CT molecular complexity index is 1000. The number of carbonyl (C=O) groups excluding carboxylic acids is 2. The van der Waals surface area contributed by atoms with Gasteiger partial charge in [-0.2, -0.15) is 5.10 Å². The van der Waals surface area contributed by atoms with E-state index in [2.05, 4.69) is 5.10 Å². The minimum atomic E-state index is -0.305. The fourth-order valence-electron chi connectivity index (χ4n) is 3.66. The number of hydrogen-bond donors (Lipinski definition) is 0. The predicted octanol–water partition coefficient (Wildman–Crippen LogP) is 3.26. The van der Waals surface area contributed by atoms with Crippen LogP contribution in [0.2, 0.25) is 0 Å². The van der Waals surface area contributed by atoms with Gasteiger partial charge in [0.05, 0.1) is 33.1 Å². The zero-order valence-electron chi connectivity index (χ0n) is 19.1. The monoisotopic (exact) mass is 439 g/mol. The Morgan fingerprint density at radius 2 is 1.69 bits per heavy atom. The third-order valence-corrected chi connectivity index (χ3v) is 5.49. The highest BCUT2D eigenvalue weighted by molar-refractivity contribution is 6.05. The molecule has 0 bridgehead atoms. The van der Waals surface area contributed by atoms with Crippen LogP contribution in [0.25, 0.3) is 0 Å². The number of likely N-dealkylation sites (N-methyl/N-ethyl adjacent to an activating group) is 1. The highest BCUT2D eigenvalue weighted by Crippen LogP contribution is 2.36. The van der Waals surface area contributed by atoms with Gasteiger partial charge in [-0.25, -0.2) is 5.01 Å². The van der Waals surface area contributed by atoms with Crippen molar-refractivity contribution in [2.45, 2.75) is 25.8 Å². The van der Waals surface area contributed by atoms with Crippen LogP contribution in [0.1, 0.15) is 36.9 Å². The Morgan fingerprint density at radius 3 is 2.28 bits per heavy atom. The molecule has 1 heterocycles. The van der Waals surface area contributed by atoms with Crippen LogP contribution in [0.4, 0.5) is 0 Å². The maximum Gasteiger partial charge on any atom is 0.262 e. The van der Waals surface area contributed by atoms with Crippen molar-refractivity contribution in [1.29, 1.82) is 0 Å². The van der Waals surface area contributed by atoms with Gasteiger partial charge in [0.1, 0.15) is 23.8 Å². The van der Waals surface area contributed by atoms with Gasteiger partial charge in [0.15, 0.2) is 0 Å². The molecular weight excluding hydrogens is 410 g/mol. The van der Waals surface area contributed by atoms with Gasteiger partial charge in [-0.3, -0.25) is 9.59 Å². The first-order chi connectivity index (χ1) is 15.4. The van der Waals surface area contributed by atoms with E-state index in [0.717, 1.165) is 22.6 Å². The van der Waals surface area contributed by atoms with Crippen LogP contribution in [-0.4, -0.2) is 62.4 Å². The van der Waals surface area contributed by atoms with Gasteiger partial charge in [-0.05, 0) is 29.8 Å². The molecule has 0 spiro atoms. The molecule has 2 amide bonds. The Balaban J connectivity index is 1.96. The summed E-state index contributed by atoms with van der Waals surface area (Å²) in [5, 5.41) is 6.14. The second kappa shape index (κ2) is 10.2. The van der Waals surface area contributed by atoms with Crippen molar-refractivity contribution in [3.8, 4) is 17.2 Å². The van der Waals surface area contributed by atoms with Gasteiger partial charge < -0.3 is 19.1 Å². The van der Waals surface area contributed by atoms with Crippen molar-refractivity contribution in [3.63, 3.8) is 0 Å². The van der Waals surface area contributed by atoms with Crippen molar-refractivity contribution >= 4 is 17.5 Å². The van der Waals surface area contributed by atoms with Gasteiger partial charge in [0, 0.05) is 31.5 Å². The van der Waals surface area contributed by atoms with E-state index in [1.807, 2.05) is 36.4 Å². The van der Waals surface area contributed by atoms with Crippen LogP contribution in [0.3, 0.4) is 0 Å². The summed E-state index contributed by atoms with van der Waals surface area (Å²) < 4.78 is 16.1. The molecule has 1 aliphatic rings. The smallest absolute Gasteiger partial charge is 0.262 e. The van der Waals surface area contributed by atoms with Crippen LogP contribution in [0.5, 0.6) is 17.2 Å². The topological polar surface area (TPSA) is 80.7 Å². The van der Waals surface area contributed by atoms with Crippen molar-refractivity contribution in [3.05, 3.63) is 53.6 Å². The molecular formula is C24H29N3O5. The maximum absolute atomic E-state index is 13.2. The lowest BCUT2D eigenvalue weighted by Gasteiger charge is -2.25. The third-order valence-electron chi connectivity index (χ3n) is 5.49. The Labute approximate surface area is 188 Å². The Kier molecular flexibility index (Phi) is 7.35. The number of ether oxygens (including phenoxy) is 3. The second-order valence-electron chi connectivity index (χ2n) is 7.45. The van der Waals surface area contributed by atoms with Gasteiger partial charge in [-0.15, -0.1) is 0 Å². The van der Waals surface area contributed by atoms with E-state index < -0.39 is 0 Å². The summed E-state index contributed by atoms with van der Waals surface area (Å²) in [5.74, 6) is 1.67. The zero-order chi connectivity index (χ0) is 23.3. The largest absolute Gasteiger partial charge is 0.497 e. The maximum atomic E-state index is 13.2. The summed E-state index contributed by atoms with van der Waals surface area (Å²) in [5.41, 5.74) is 2.44. The minimum absolute atomic E-state index is 0.0458. The highest BCUT2D eigenvalue weighted by Gasteiger charge is 2.34. The molecule has 32 heavy (non-hydrogen) atoms. The van der Waals surface area contributed by atoms with E-state index >= 15 is 0 Å². The molecule has 8 nitrogen and oxygen atoms in total. The average molecular weight is 440 g/mol.